The number of rotatable bonds is 2. The van der Waals surface area contributed by atoms with Crippen molar-refractivity contribution in [2.24, 2.45) is 0 Å². The lowest BCUT2D eigenvalue weighted by molar-refractivity contribution is 0.0971. The number of fused-ring (bicyclic) bond motifs is 2. The number of hydrogen-bond acceptors (Lipinski definition) is 4. The van der Waals surface area contributed by atoms with Crippen molar-refractivity contribution in [3.05, 3.63) is 52.3 Å². The Kier molecular flexibility index (Phi) is 3.17. The topological polar surface area (TPSA) is 54.9 Å². The van der Waals surface area contributed by atoms with Crippen LogP contribution in [0.3, 0.4) is 0 Å². The fourth-order valence-corrected chi connectivity index (χ4v) is 3.66. The Morgan fingerprint density at radius 1 is 1.23 bits per heavy atom. The third-order valence-corrected chi connectivity index (χ3v) is 4.75. The van der Waals surface area contributed by atoms with E-state index in [9.17, 15) is 4.79 Å². The Balaban J connectivity index is 1.62. The number of nitrogens with zero attached hydrogens (tertiary/aromatic N) is 2. The number of aromatic nitrogens is 2. The maximum absolute atomic E-state index is 11.8. The first-order chi connectivity index (χ1) is 10.7. The number of hydrogen-bond donors (Lipinski definition) is 1. The van der Waals surface area contributed by atoms with Gasteiger partial charge in [-0.2, -0.15) is 0 Å². The van der Waals surface area contributed by atoms with Crippen molar-refractivity contribution >= 4 is 11.7 Å². The zero-order valence-corrected chi connectivity index (χ0v) is 12.7. The van der Waals surface area contributed by atoms with Crippen molar-refractivity contribution in [3.63, 3.8) is 0 Å². The van der Waals surface area contributed by atoms with E-state index in [-0.39, 0.29) is 11.8 Å². The molecule has 4 heteroatoms. The van der Waals surface area contributed by atoms with Gasteiger partial charge in [0.15, 0.2) is 5.78 Å². The van der Waals surface area contributed by atoms with Gasteiger partial charge in [0.05, 0.1) is 17.3 Å². The standard InChI is InChI=1S/C18H19N3O/c1-11-4-2-5-12-8-9-15(17(11)12)21-18-19-10-13-14(20-18)6-3-7-16(13)22/h2,4-5,10,15H,3,6-9H2,1H3,(H,19,20,21)/t15-/m0/s1. The molecule has 0 spiro atoms. The number of carbonyl (C=O) groups excluding carboxylic acids is 1. The minimum Gasteiger partial charge on any atom is -0.347 e. The number of benzene rings is 1. The summed E-state index contributed by atoms with van der Waals surface area (Å²) in [5, 5.41) is 3.47. The first kappa shape index (κ1) is 13.4. The molecular weight excluding hydrogens is 274 g/mol. The summed E-state index contributed by atoms with van der Waals surface area (Å²) in [4.78, 5) is 20.8. The molecule has 1 aromatic carbocycles. The van der Waals surface area contributed by atoms with Gasteiger partial charge in [-0.1, -0.05) is 18.2 Å². The average Bonchev–Trinajstić information content (AvgIpc) is 2.92. The zero-order valence-electron chi connectivity index (χ0n) is 12.7. The lowest BCUT2D eigenvalue weighted by Gasteiger charge is -2.18. The summed E-state index contributed by atoms with van der Waals surface area (Å²) in [5.74, 6) is 0.824. The number of carbonyl (C=O) groups is 1. The summed E-state index contributed by atoms with van der Waals surface area (Å²) in [6, 6.07) is 6.76. The summed E-state index contributed by atoms with van der Waals surface area (Å²) >= 11 is 0. The molecule has 1 heterocycles. The average molecular weight is 293 g/mol. The van der Waals surface area contributed by atoms with Crippen molar-refractivity contribution in [1.29, 1.82) is 0 Å². The van der Waals surface area contributed by atoms with Gasteiger partial charge in [0.25, 0.3) is 0 Å². The van der Waals surface area contributed by atoms with Crippen LogP contribution < -0.4 is 5.32 Å². The lowest BCUT2D eigenvalue weighted by atomic mass is 9.96. The van der Waals surface area contributed by atoms with Gasteiger partial charge in [-0.05, 0) is 49.3 Å². The highest BCUT2D eigenvalue weighted by atomic mass is 16.1. The number of Topliss-reactive ketones (excluding diaryl/α,β-unsaturated/α-hetero) is 1. The van der Waals surface area contributed by atoms with E-state index in [2.05, 4.69) is 40.4 Å². The Labute approximate surface area is 130 Å². The van der Waals surface area contributed by atoms with Crippen LogP contribution in [0, 0.1) is 6.92 Å². The highest BCUT2D eigenvalue weighted by molar-refractivity contribution is 5.97. The van der Waals surface area contributed by atoms with Crippen LogP contribution in [-0.4, -0.2) is 15.8 Å². The second-order valence-corrected chi connectivity index (χ2v) is 6.21. The molecule has 4 nitrogen and oxygen atoms in total. The Hall–Kier alpha value is -2.23. The SMILES string of the molecule is Cc1cccc2c1[C@@H](Nc1ncc3c(n1)CCCC3=O)CC2. The van der Waals surface area contributed by atoms with Crippen molar-refractivity contribution < 1.29 is 4.79 Å². The summed E-state index contributed by atoms with van der Waals surface area (Å²) < 4.78 is 0. The zero-order chi connectivity index (χ0) is 15.1. The first-order valence-corrected chi connectivity index (χ1v) is 7.96. The monoisotopic (exact) mass is 293 g/mol. The van der Waals surface area contributed by atoms with Crippen LogP contribution in [-0.2, 0) is 12.8 Å². The van der Waals surface area contributed by atoms with Gasteiger partial charge < -0.3 is 5.32 Å². The molecule has 1 aromatic heterocycles. The van der Waals surface area contributed by atoms with Crippen LogP contribution in [0.15, 0.2) is 24.4 Å². The second-order valence-electron chi connectivity index (χ2n) is 6.21. The molecule has 0 amide bonds. The minimum absolute atomic E-state index is 0.176. The molecule has 0 saturated carbocycles. The van der Waals surface area contributed by atoms with Crippen LogP contribution in [0.5, 0.6) is 0 Å². The van der Waals surface area contributed by atoms with E-state index in [1.807, 2.05) is 0 Å². The van der Waals surface area contributed by atoms with Crippen LogP contribution in [0.2, 0.25) is 0 Å². The smallest absolute Gasteiger partial charge is 0.223 e. The van der Waals surface area contributed by atoms with Gasteiger partial charge in [-0.15, -0.1) is 0 Å². The Morgan fingerprint density at radius 3 is 3.05 bits per heavy atom. The van der Waals surface area contributed by atoms with E-state index in [1.54, 1.807) is 6.20 Å². The summed E-state index contributed by atoms with van der Waals surface area (Å²) in [7, 11) is 0. The van der Waals surface area contributed by atoms with Gasteiger partial charge in [0, 0.05) is 12.6 Å². The van der Waals surface area contributed by atoms with Crippen LogP contribution in [0.1, 0.15) is 58.0 Å². The molecule has 2 aromatic rings. The largest absolute Gasteiger partial charge is 0.347 e. The first-order valence-electron chi connectivity index (χ1n) is 7.96. The number of aryl methyl sites for hydroxylation is 3. The molecule has 2 aliphatic rings. The van der Waals surface area contributed by atoms with E-state index >= 15 is 0 Å². The summed E-state index contributed by atoms with van der Waals surface area (Å²) in [6.07, 6.45) is 6.25. The fourth-order valence-electron chi connectivity index (χ4n) is 3.66. The molecule has 0 aliphatic heterocycles. The number of ketones is 1. The third kappa shape index (κ3) is 2.19. The van der Waals surface area contributed by atoms with Crippen molar-refractivity contribution in [1.82, 2.24) is 9.97 Å². The van der Waals surface area contributed by atoms with E-state index in [0.717, 1.165) is 31.4 Å². The molecule has 2 aliphatic carbocycles. The van der Waals surface area contributed by atoms with Gasteiger partial charge in [0.2, 0.25) is 5.95 Å². The van der Waals surface area contributed by atoms with Crippen molar-refractivity contribution in [3.8, 4) is 0 Å². The highest BCUT2D eigenvalue weighted by Crippen LogP contribution is 2.35. The highest BCUT2D eigenvalue weighted by Gasteiger charge is 2.25. The van der Waals surface area contributed by atoms with Crippen LogP contribution >= 0.6 is 0 Å². The molecule has 0 bridgehead atoms. The van der Waals surface area contributed by atoms with E-state index in [1.165, 1.54) is 16.7 Å². The van der Waals surface area contributed by atoms with Crippen LogP contribution in [0.25, 0.3) is 0 Å². The van der Waals surface area contributed by atoms with Crippen molar-refractivity contribution in [2.45, 2.75) is 45.1 Å². The van der Waals surface area contributed by atoms with E-state index in [4.69, 9.17) is 0 Å². The molecule has 0 unspecified atom stereocenters. The van der Waals surface area contributed by atoms with Gasteiger partial charge in [-0.3, -0.25) is 4.79 Å². The molecule has 22 heavy (non-hydrogen) atoms. The van der Waals surface area contributed by atoms with Gasteiger partial charge >= 0.3 is 0 Å². The maximum atomic E-state index is 11.8. The predicted molar refractivity (Wildman–Crippen MR) is 85.2 cm³/mol. The maximum Gasteiger partial charge on any atom is 0.223 e. The van der Waals surface area contributed by atoms with E-state index < -0.39 is 0 Å². The second kappa shape index (κ2) is 5.20. The number of anilines is 1. The minimum atomic E-state index is 0.176. The van der Waals surface area contributed by atoms with Gasteiger partial charge in [0.1, 0.15) is 0 Å². The molecule has 0 radical (unpaired) electrons. The molecule has 1 atom stereocenters. The predicted octanol–water partition coefficient (Wildman–Crippen LogP) is 3.40. The molecule has 4 rings (SSSR count). The third-order valence-electron chi connectivity index (χ3n) is 4.75. The summed E-state index contributed by atoms with van der Waals surface area (Å²) in [5.41, 5.74) is 5.74. The summed E-state index contributed by atoms with van der Waals surface area (Å²) in [6.45, 7) is 2.16. The Bertz CT molecular complexity index is 754. The number of nitrogens with one attached hydrogen (secondary N) is 1. The normalized spacial score (nSPS) is 19.7. The quantitative estimate of drug-likeness (QED) is 0.922. The molecule has 1 N–H and O–H groups in total. The van der Waals surface area contributed by atoms with Gasteiger partial charge in [-0.25, -0.2) is 9.97 Å². The molecular formula is C18H19N3O. The van der Waals surface area contributed by atoms with Crippen LogP contribution in [0.4, 0.5) is 5.95 Å². The molecule has 0 saturated heterocycles. The Morgan fingerprint density at radius 2 is 2.14 bits per heavy atom. The molecule has 0 fully saturated rings. The lowest BCUT2D eigenvalue weighted by Crippen LogP contribution is -2.17. The fraction of sp³-hybridized carbons (Fsp3) is 0.389. The molecule has 112 valence electrons. The van der Waals surface area contributed by atoms with E-state index in [0.29, 0.717) is 17.9 Å². The van der Waals surface area contributed by atoms with Crippen molar-refractivity contribution in [2.75, 3.05) is 5.32 Å².